The van der Waals surface area contributed by atoms with Crippen molar-refractivity contribution in [1.29, 1.82) is 0 Å². The Labute approximate surface area is 103 Å². The van der Waals surface area contributed by atoms with Gasteiger partial charge in [-0.15, -0.1) is 10.2 Å². The van der Waals surface area contributed by atoms with Crippen LogP contribution in [-0.4, -0.2) is 31.3 Å². The maximum atomic E-state index is 5.94. The van der Waals surface area contributed by atoms with E-state index in [9.17, 15) is 0 Å². The molecule has 17 heavy (non-hydrogen) atoms. The SMILES string of the molecule is Cn1cnnc1CCNc1ncnc(N)c1Cl. The molecule has 8 heteroatoms. The zero-order chi connectivity index (χ0) is 12.3. The van der Waals surface area contributed by atoms with E-state index < -0.39 is 0 Å². The van der Waals surface area contributed by atoms with Gasteiger partial charge in [0.1, 0.15) is 35.1 Å². The quantitative estimate of drug-likeness (QED) is 0.824. The second-order valence-electron chi connectivity index (χ2n) is 3.46. The summed E-state index contributed by atoms with van der Waals surface area (Å²) in [5.74, 6) is 1.68. The van der Waals surface area contributed by atoms with E-state index in [4.69, 9.17) is 17.3 Å². The summed E-state index contributed by atoms with van der Waals surface area (Å²) in [6.07, 6.45) is 3.74. The van der Waals surface area contributed by atoms with Crippen LogP contribution >= 0.6 is 11.6 Å². The van der Waals surface area contributed by atoms with Crippen molar-refractivity contribution in [1.82, 2.24) is 24.7 Å². The third-order valence-corrected chi connectivity index (χ3v) is 2.64. The van der Waals surface area contributed by atoms with E-state index in [0.29, 0.717) is 17.4 Å². The summed E-state index contributed by atoms with van der Waals surface area (Å²) in [5.41, 5.74) is 5.56. The van der Waals surface area contributed by atoms with Crippen LogP contribution in [0.4, 0.5) is 11.6 Å². The van der Waals surface area contributed by atoms with Crippen LogP contribution in [0.5, 0.6) is 0 Å². The fourth-order valence-corrected chi connectivity index (χ4v) is 1.50. The van der Waals surface area contributed by atoms with Crippen molar-refractivity contribution in [2.24, 2.45) is 7.05 Å². The minimum atomic E-state index is 0.267. The summed E-state index contributed by atoms with van der Waals surface area (Å²) < 4.78 is 1.86. The van der Waals surface area contributed by atoms with E-state index in [0.717, 1.165) is 12.2 Å². The van der Waals surface area contributed by atoms with Gasteiger partial charge in [-0.2, -0.15) is 0 Å². The Bertz CT molecular complexity index is 510. The number of nitrogens with zero attached hydrogens (tertiary/aromatic N) is 5. The molecule has 0 unspecified atom stereocenters. The molecule has 0 spiro atoms. The standard InChI is InChI=1S/C9H12ClN7/c1-17-5-15-16-6(17)2-3-12-9-7(10)8(11)13-4-14-9/h4-5H,2-3H2,1H3,(H3,11,12,13,14). The molecule has 2 aromatic rings. The molecule has 7 nitrogen and oxygen atoms in total. The van der Waals surface area contributed by atoms with Gasteiger partial charge in [0.05, 0.1) is 0 Å². The number of aryl methyl sites for hydroxylation is 1. The zero-order valence-corrected chi connectivity index (χ0v) is 10.0. The van der Waals surface area contributed by atoms with Gasteiger partial charge in [-0.25, -0.2) is 9.97 Å². The smallest absolute Gasteiger partial charge is 0.150 e. The van der Waals surface area contributed by atoms with Crippen LogP contribution in [0.1, 0.15) is 5.82 Å². The van der Waals surface area contributed by atoms with E-state index in [1.807, 2.05) is 11.6 Å². The summed E-state index contributed by atoms with van der Waals surface area (Å²) in [4.78, 5) is 7.78. The Morgan fingerprint density at radius 3 is 3.00 bits per heavy atom. The fourth-order valence-electron chi connectivity index (χ4n) is 1.33. The Kier molecular flexibility index (Phi) is 3.38. The van der Waals surface area contributed by atoms with E-state index in [1.54, 1.807) is 6.33 Å². The first-order valence-electron chi connectivity index (χ1n) is 5.01. The van der Waals surface area contributed by atoms with Crippen LogP contribution in [0.25, 0.3) is 0 Å². The van der Waals surface area contributed by atoms with Crippen LogP contribution in [0.3, 0.4) is 0 Å². The summed E-state index contributed by atoms with van der Waals surface area (Å²) in [5, 5.41) is 11.2. The molecule has 0 saturated heterocycles. The molecule has 0 saturated carbocycles. The summed E-state index contributed by atoms with van der Waals surface area (Å²) in [7, 11) is 1.89. The Morgan fingerprint density at radius 1 is 1.47 bits per heavy atom. The average molecular weight is 254 g/mol. The molecule has 0 radical (unpaired) electrons. The van der Waals surface area contributed by atoms with Crippen LogP contribution in [0.2, 0.25) is 5.02 Å². The number of hydrogen-bond donors (Lipinski definition) is 2. The van der Waals surface area contributed by atoms with Crippen molar-refractivity contribution in [3.8, 4) is 0 Å². The van der Waals surface area contributed by atoms with Crippen LogP contribution in [0, 0.1) is 0 Å². The molecule has 0 aliphatic rings. The molecule has 3 N–H and O–H groups in total. The topological polar surface area (TPSA) is 94.5 Å². The Balaban J connectivity index is 1.95. The lowest BCUT2D eigenvalue weighted by molar-refractivity contribution is 0.787. The van der Waals surface area contributed by atoms with Gasteiger partial charge in [-0.1, -0.05) is 11.6 Å². The molecule has 0 fully saturated rings. The lowest BCUT2D eigenvalue weighted by Crippen LogP contribution is -2.10. The number of anilines is 2. The second-order valence-corrected chi connectivity index (χ2v) is 3.83. The van der Waals surface area contributed by atoms with Gasteiger partial charge < -0.3 is 15.6 Å². The van der Waals surface area contributed by atoms with Gasteiger partial charge in [-0.3, -0.25) is 0 Å². The first-order chi connectivity index (χ1) is 8.18. The van der Waals surface area contributed by atoms with Crippen LogP contribution in [-0.2, 0) is 13.5 Å². The minimum Gasteiger partial charge on any atom is -0.382 e. The summed E-state index contributed by atoms with van der Waals surface area (Å²) >= 11 is 5.94. The molecule has 90 valence electrons. The number of nitrogens with two attached hydrogens (primary N) is 1. The van der Waals surface area contributed by atoms with Crippen LogP contribution < -0.4 is 11.1 Å². The molecule has 0 atom stereocenters. The third kappa shape index (κ3) is 2.62. The number of aromatic nitrogens is 5. The van der Waals surface area contributed by atoms with Crippen LogP contribution in [0.15, 0.2) is 12.7 Å². The largest absolute Gasteiger partial charge is 0.382 e. The number of nitrogen functional groups attached to an aromatic ring is 1. The highest BCUT2D eigenvalue weighted by atomic mass is 35.5. The first kappa shape index (κ1) is 11.6. The highest BCUT2D eigenvalue weighted by molar-refractivity contribution is 6.35. The molecule has 0 amide bonds. The molecule has 2 rings (SSSR count). The van der Waals surface area contributed by atoms with E-state index in [1.165, 1.54) is 6.33 Å². The maximum absolute atomic E-state index is 5.94. The number of hydrogen-bond acceptors (Lipinski definition) is 6. The van der Waals surface area contributed by atoms with Gasteiger partial charge in [0.15, 0.2) is 0 Å². The van der Waals surface area contributed by atoms with Crippen molar-refractivity contribution < 1.29 is 0 Å². The minimum absolute atomic E-state index is 0.267. The monoisotopic (exact) mass is 253 g/mol. The molecule has 0 aliphatic carbocycles. The number of nitrogens with one attached hydrogen (secondary N) is 1. The average Bonchev–Trinajstić information content (AvgIpc) is 2.71. The third-order valence-electron chi connectivity index (χ3n) is 2.26. The van der Waals surface area contributed by atoms with E-state index in [2.05, 4.69) is 25.5 Å². The Hall–Kier alpha value is -1.89. The molecule has 2 heterocycles. The lowest BCUT2D eigenvalue weighted by Gasteiger charge is -2.07. The number of halogens is 1. The van der Waals surface area contributed by atoms with Crippen molar-refractivity contribution >= 4 is 23.2 Å². The summed E-state index contributed by atoms with van der Waals surface area (Å²) in [6, 6.07) is 0. The molecule has 2 aromatic heterocycles. The normalized spacial score (nSPS) is 10.5. The van der Waals surface area contributed by atoms with E-state index in [-0.39, 0.29) is 5.82 Å². The van der Waals surface area contributed by atoms with Crippen molar-refractivity contribution in [2.75, 3.05) is 17.6 Å². The van der Waals surface area contributed by atoms with Gasteiger partial charge in [0.25, 0.3) is 0 Å². The highest BCUT2D eigenvalue weighted by Crippen LogP contribution is 2.22. The predicted molar refractivity (Wildman–Crippen MR) is 64.7 cm³/mol. The van der Waals surface area contributed by atoms with Crippen molar-refractivity contribution in [3.05, 3.63) is 23.5 Å². The predicted octanol–water partition coefficient (Wildman–Crippen LogP) is 0.495. The molecule has 0 aliphatic heterocycles. The molecule has 0 bridgehead atoms. The fraction of sp³-hybridized carbons (Fsp3) is 0.333. The molecule has 0 aromatic carbocycles. The highest BCUT2D eigenvalue weighted by Gasteiger charge is 2.06. The van der Waals surface area contributed by atoms with E-state index >= 15 is 0 Å². The number of rotatable bonds is 4. The van der Waals surface area contributed by atoms with Gasteiger partial charge in [0.2, 0.25) is 0 Å². The molecular weight excluding hydrogens is 242 g/mol. The second kappa shape index (κ2) is 4.96. The Morgan fingerprint density at radius 2 is 2.29 bits per heavy atom. The molecular formula is C9H12ClN7. The van der Waals surface area contributed by atoms with Gasteiger partial charge in [0, 0.05) is 20.0 Å². The first-order valence-corrected chi connectivity index (χ1v) is 5.39. The van der Waals surface area contributed by atoms with Gasteiger partial charge >= 0.3 is 0 Å². The van der Waals surface area contributed by atoms with Gasteiger partial charge in [-0.05, 0) is 0 Å². The lowest BCUT2D eigenvalue weighted by atomic mass is 10.4. The van der Waals surface area contributed by atoms with Crippen molar-refractivity contribution in [2.45, 2.75) is 6.42 Å². The zero-order valence-electron chi connectivity index (χ0n) is 9.26. The van der Waals surface area contributed by atoms with Crippen molar-refractivity contribution in [3.63, 3.8) is 0 Å². The maximum Gasteiger partial charge on any atom is 0.150 e. The summed E-state index contributed by atoms with van der Waals surface area (Å²) in [6.45, 7) is 0.642.